The van der Waals surface area contributed by atoms with E-state index in [-0.39, 0.29) is 18.3 Å². The maximum absolute atomic E-state index is 12.9. The Bertz CT molecular complexity index is 919. The van der Waals surface area contributed by atoms with Gasteiger partial charge in [-0.25, -0.2) is 9.07 Å². The SMILES string of the molecule is Cc1nn(-c2ccccc2)c(C)c1CN(C)CC(=O)Nc1ccc(F)cc1. The van der Waals surface area contributed by atoms with E-state index in [2.05, 4.69) is 10.4 Å². The van der Waals surface area contributed by atoms with Gasteiger partial charge >= 0.3 is 0 Å². The molecule has 1 heterocycles. The van der Waals surface area contributed by atoms with Gasteiger partial charge in [-0.2, -0.15) is 5.10 Å². The fraction of sp³-hybridized carbons (Fsp3) is 0.238. The molecule has 0 aliphatic carbocycles. The number of hydrogen-bond acceptors (Lipinski definition) is 3. The molecule has 0 spiro atoms. The summed E-state index contributed by atoms with van der Waals surface area (Å²) in [4.78, 5) is 14.2. The average Bonchev–Trinajstić information content (AvgIpc) is 2.92. The number of benzene rings is 2. The van der Waals surface area contributed by atoms with Crippen LogP contribution in [0.5, 0.6) is 0 Å². The van der Waals surface area contributed by atoms with Crippen LogP contribution in [0.25, 0.3) is 5.69 Å². The molecule has 6 heteroatoms. The van der Waals surface area contributed by atoms with Gasteiger partial charge in [-0.05, 0) is 57.3 Å². The number of hydrogen-bond donors (Lipinski definition) is 1. The van der Waals surface area contributed by atoms with Crippen LogP contribution in [0.3, 0.4) is 0 Å². The molecule has 2 aromatic carbocycles. The van der Waals surface area contributed by atoms with E-state index in [1.165, 1.54) is 12.1 Å². The zero-order valence-corrected chi connectivity index (χ0v) is 15.7. The van der Waals surface area contributed by atoms with Gasteiger partial charge in [-0.15, -0.1) is 0 Å². The monoisotopic (exact) mass is 366 g/mol. The highest BCUT2D eigenvalue weighted by Gasteiger charge is 2.16. The fourth-order valence-electron chi connectivity index (χ4n) is 3.03. The summed E-state index contributed by atoms with van der Waals surface area (Å²) in [6.45, 7) is 4.86. The van der Waals surface area contributed by atoms with Crippen LogP contribution in [-0.4, -0.2) is 34.2 Å². The van der Waals surface area contributed by atoms with E-state index < -0.39 is 0 Å². The van der Waals surface area contributed by atoms with Crippen molar-refractivity contribution in [2.24, 2.45) is 0 Å². The zero-order valence-electron chi connectivity index (χ0n) is 15.7. The van der Waals surface area contributed by atoms with Gasteiger partial charge in [-0.1, -0.05) is 18.2 Å². The minimum Gasteiger partial charge on any atom is -0.325 e. The number of amides is 1. The number of anilines is 1. The molecule has 27 heavy (non-hydrogen) atoms. The first kappa shape index (κ1) is 18.8. The number of aromatic nitrogens is 2. The highest BCUT2D eigenvalue weighted by Crippen LogP contribution is 2.19. The summed E-state index contributed by atoms with van der Waals surface area (Å²) in [6, 6.07) is 15.7. The van der Waals surface area contributed by atoms with Crippen LogP contribution in [0, 0.1) is 19.7 Å². The van der Waals surface area contributed by atoms with Crippen LogP contribution < -0.4 is 5.32 Å². The van der Waals surface area contributed by atoms with Crippen molar-refractivity contribution in [1.82, 2.24) is 14.7 Å². The third kappa shape index (κ3) is 4.60. The summed E-state index contributed by atoms with van der Waals surface area (Å²) < 4.78 is 14.9. The molecule has 0 aliphatic heterocycles. The van der Waals surface area contributed by atoms with Crippen molar-refractivity contribution >= 4 is 11.6 Å². The van der Waals surface area contributed by atoms with Gasteiger partial charge in [0, 0.05) is 23.5 Å². The summed E-state index contributed by atoms with van der Waals surface area (Å²) in [7, 11) is 1.89. The standard InChI is InChI=1S/C21H23FN4O/c1-15-20(16(2)26(24-15)19-7-5-4-6-8-19)13-25(3)14-21(27)23-18-11-9-17(22)10-12-18/h4-12H,13-14H2,1-3H3,(H,23,27). The molecule has 0 radical (unpaired) electrons. The lowest BCUT2D eigenvalue weighted by atomic mass is 10.2. The molecule has 3 rings (SSSR count). The Kier molecular flexibility index (Phi) is 5.66. The smallest absolute Gasteiger partial charge is 0.238 e. The summed E-state index contributed by atoms with van der Waals surface area (Å²) in [6.07, 6.45) is 0. The van der Waals surface area contributed by atoms with E-state index in [0.717, 1.165) is 22.6 Å². The van der Waals surface area contributed by atoms with Gasteiger partial charge in [0.1, 0.15) is 5.82 Å². The number of rotatable bonds is 6. The van der Waals surface area contributed by atoms with Crippen molar-refractivity contribution in [3.05, 3.63) is 77.4 Å². The van der Waals surface area contributed by atoms with Gasteiger partial charge in [0.2, 0.25) is 5.91 Å². The Morgan fingerprint density at radius 2 is 1.78 bits per heavy atom. The molecule has 5 nitrogen and oxygen atoms in total. The first-order valence-corrected chi connectivity index (χ1v) is 8.78. The molecule has 1 N–H and O–H groups in total. The zero-order chi connectivity index (χ0) is 19.4. The van der Waals surface area contributed by atoms with E-state index in [4.69, 9.17) is 0 Å². The van der Waals surface area contributed by atoms with Gasteiger partial charge in [0.15, 0.2) is 0 Å². The molecule has 1 aromatic heterocycles. The molecule has 0 saturated heterocycles. The van der Waals surface area contributed by atoms with Gasteiger partial charge in [0.05, 0.1) is 17.9 Å². The van der Waals surface area contributed by atoms with Crippen LogP contribution >= 0.6 is 0 Å². The van der Waals surface area contributed by atoms with Crippen molar-refractivity contribution in [1.29, 1.82) is 0 Å². The first-order valence-electron chi connectivity index (χ1n) is 8.78. The lowest BCUT2D eigenvalue weighted by molar-refractivity contribution is -0.117. The van der Waals surface area contributed by atoms with E-state index in [1.807, 2.05) is 60.8 Å². The molecular formula is C21H23FN4O. The van der Waals surface area contributed by atoms with E-state index in [1.54, 1.807) is 12.1 Å². The Morgan fingerprint density at radius 3 is 2.44 bits per heavy atom. The van der Waals surface area contributed by atoms with E-state index >= 15 is 0 Å². The molecule has 0 unspecified atom stereocenters. The predicted octanol–water partition coefficient (Wildman–Crippen LogP) is 3.70. The maximum Gasteiger partial charge on any atom is 0.238 e. The molecular weight excluding hydrogens is 343 g/mol. The second-order valence-corrected chi connectivity index (χ2v) is 6.62. The van der Waals surface area contributed by atoms with Crippen molar-refractivity contribution in [2.45, 2.75) is 20.4 Å². The van der Waals surface area contributed by atoms with Crippen LogP contribution in [0.4, 0.5) is 10.1 Å². The number of aryl methyl sites for hydroxylation is 1. The maximum atomic E-state index is 12.9. The lowest BCUT2D eigenvalue weighted by Crippen LogP contribution is -2.30. The highest BCUT2D eigenvalue weighted by molar-refractivity contribution is 5.92. The highest BCUT2D eigenvalue weighted by atomic mass is 19.1. The number of likely N-dealkylation sites (N-methyl/N-ethyl adjacent to an activating group) is 1. The number of carbonyl (C=O) groups is 1. The molecule has 0 bridgehead atoms. The van der Waals surface area contributed by atoms with E-state index in [0.29, 0.717) is 12.2 Å². The Hall–Kier alpha value is -2.99. The molecule has 3 aromatic rings. The Balaban J connectivity index is 1.65. The topological polar surface area (TPSA) is 50.2 Å². The van der Waals surface area contributed by atoms with Crippen LogP contribution in [0.15, 0.2) is 54.6 Å². The normalized spacial score (nSPS) is 11.0. The third-order valence-corrected chi connectivity index (χ3v) is 4.41. The molecule has 0 atom stereocenters. The van der Waals surface area contributed by atoms with Crippen LogP contribution in [-0.2, 0) is 11.3 Å². The molecule has 1 amide bonds. The molecule has 0 saturated carbocycles. The minimum absolute atomic E-state index is 0.144. The molecule has 140 valence electrons. The number of para-hydroxylation sites is 1. The van der Waals surface area contributed by atoms with Crippen molar-refractivity contribution in [3.8, 4) is 5.69 Å². The summed E-state index contributed by atoms with van der Waals surface area (Å²) in [5, 5.41) is 7.42. The second kappa shape index (κ2) is 8.14. The Labute approximate surface area is 158 Å². The Morgan fingerprint density at radius 1 is 1.11 bits per heavy atom. The number of nitrogens with one attached hydrogen (secondary N) is 1. The quantitative estimate of drug-likeness (QED) is 0.724. The number of carbonyl (C=O) groups excluding carboxylic acids is 1. The van der Waals surface area contributed by atoms with Crippen LogP contribution in [0.2, 0.25) is 0 Å². The fourth-order valence-corrected chi connectivity index (χ4v) is 3.03. The minimum atomic E-state index is -0.327. The van der Waals surface area contributed by atoms with Gasteiger partial charge in [0.25, 0.3) is 0 Å². The van der Waals surface area contributed by atoms with Crippen LogP contribution in [0.1, 0.15) is 17.0 Å². The second-order valence-electron chi connectivity index (χ2n) is 6.62. The number of nitrogens with zero attached hydrogens (tertiary/aromatic N) is 3. The summed E-state index contributed by atoms with van der Waals surface area (Å²) in [5.41, 5.74) is 4.71. The first-order chi connectivity index (χ1) is 12.9. The van der Waals surface area contributed by atoms with Crippen molar-refractivity contribution < 1.29 is 9.18 Å². The molecule has 0 fully saturated rings. The van der Waals surface area contributed by atoms with Gasteiger partial charge < -0.3 is 5.32 Å². The summed E-state index contributed by atoms with van der Waals surface area (Å²) >= 11 is 0. The van der Waals surface area contributed by atoms with Gasteiger partial charge in [-0.3, -0.25) is 9.69 Å². The summed E-state index contributed by atoms with van der Waals surface area (Å²) in [5.74, 6) is -0.471. The lowest BCUT2D eigenvalue weighted by Gasteiger charge is -2.17. The van der Waals surface area contributed by atoms with Crippen molar-refractivity contribution in [2.75, 3.05) is 18.9 Å². The van der Waals surface area contributed by atoms with Crippen molar-refractivity contribution in [3.63, 3.8) is 0 Å². The largest absolute Gasteiger partial charge is 0.325 e. The number of halogens is 1. The average molecular weight is 366 g/mol. The molecule has 0 aliphatic rings. The third-order valence-electron chi connectivity index (χ3n) is 4.41. The van der Waals surface area contributed by atoms with E-state index in [9.17, 15) is 9.18 Å². The predicted molar refractivity (Wildman–Crippen MR) is 104 cm³/mol.